The third-order valence-corrected chi connectivity index (χ3v) is 4.23. The van der Waals surface area contributed by atoms with Crippen molar-refractivity contribution in [3.8, 4) is 0 Å². The average Bonchev–Trinajstić information content (AvgIpc) is 2.57. The van der Waals surface area contributed by atoms with E-state index in [-0.39, 0.29) is 0 Å². The first-order valence-corrected chi connectivity index (χ1v) is 7.46. The summed E-state index contributed by atoms with van der Waals surface area (Å²) in [4.78, 5) is 0. The second kappa shape index (κ2) is 8.29. The van der Waals surface area contributed by atoms with Crippen LogP contribution in [-0.4, -0.2) is 117 Å². The highest BCUT2D eigenvalue weighted by Crippen LogP contribution is 2.29. The lowest BCUT2D eigenvalue weighted by molar-refractivity contribution is -0.356. The number of ether oxygens (including phenoxy) is 4. The summed E-state index contributed by atoms with van der Waals surface area (Å²) >= 11 is 0. The van der Waals surface area contributed by atoms with E-state index in [0.29, 0.717) is 0 Å². The molecule has 2 heterocycles. The molecule has 0 amide bonds. The van der Waals surface area contributed by atoms with Crippen LogP contribution in [0.4, 0.5) is 0 Å². The Morgan fingerprint density at radius 3 is 1.92 bits per heavy atom. The summed E-state index contributed by atoms with van der Waals surface area (Å²) in [6, 6.07) is 0. The summed E-state index contributed by atoms with van der Waals surface area (Å²) in [5, 5.41) is 67.9. The van der Waals surface area contributed by atoms with Crippen LogP contribution in [0.2, 0.25) is 0 Å². The predicted octanol–water partition coefficient (Wildman–Crippen LogP) is -4.74. The van der Waals surface area contributed by atoms with E-state index < -0.39 is 74.6 Å². The van der Waals surface area contributed by atoms with Crippen LogP contribution in [0.3, 0.4) is 0 Å². The Hall–Kier alpha value is -0.440. The van der Waals surface area contributed by atoms with Crippen molar-refractivity contribution < 1.29 is 54.7 Å². The minimum Gasteiger partial charge on any atom is -0.394 e. The molecule has 11 heteroatoms. The standard InChI is InChI=1S/C13H24O11/c1-21-11-9(19)10(5(3-15)22-12(11)20)24-13-8(18)7(17)6(16)4(2-14)23-13/h4-20H,2-3H2,1H3/t4-,5-,6+,7+,8-,9+,10-,11-,12?,13+/m1/s1. The van der Waals surface area contributed by atoms with E-state index >= 15 is 0 Å². The highest BCUT2D eigenvalue weighted by Gasteiger charge is 2.50. The average molecular weight is 356 g/mol. The Kier molecular flexibility index (Phi) is 6.87. The molecular formula is C13H24O11. The van der Waals surface area contributed by atoms with Crippen molar-refractivity contribution in [2.45, 2.75) is 61.4 Å². The highest BCUT2D eigenvalue weighted by molar-refractivity contribution is 4.94. The number of aliphatic hydroxyl groups excluding tert-OH is 7. The molecule has 0 aromatic rings. The van der Waals surface area contributed by atoms with Crippen LogP contribution in [0.25, 0.3) is 0 Å². The molecule has 10 atom stereocenters. The van der Waals surface area contributed by atoms with E-state index in [9.17, 15) is 30.6 Å². The summed E-state index contributed by atoms with van der Waals surface area (Å²) < 4.78 is 20.6. The van der Waals surface area contributed by atoms with Gasteiger partial charge in [0.15, 0.2) is 12.6 Å². The van der Waals surface area contributed by atoms with Gasteiger partial charge in [-0.25, -0.2) is 0 Å². The largest absolute Gasteiger partial charge is 0.394 e. The van der Waals surface area contributed by atoms with Gasteiger partial charge in [-0.3, -0.25) is 0 Å². The van der Waals surface area contributed by atoms with Crippen molar-refractivity contribution in [1.82, 2.24) is 0 Å². The van der Waals surface area contributed by atoms with Gasteiger partial charge in [0.2, 0.25) is 0 Å². The van der Waals surface area contributed by atoms with Gasteiger partial charge in [0, 0.05) is 7.11 Å². The first-order valence-electron chi connectivity index (χ1n) is 7.46. The molecule has 11 nitrogen and oxygen atoms in total. The smallest absolute Gasteiger partial charge is 0.187 e. The van der Waals surface area contributed by atoms with E-state index in [1.807, 2.05) is 0 Å². The van der Waals surface area contributed by atoms with Gasteiger partial charge in [0.05, 0.1) is 13.2 Å². The van der Waals surface area contributed by atoms with Gasteiger partial charge in [-0.05, 0) is 0 Å². The van der Waals surface area contributed by atoms with Crippen LogP contribution in [0, 0.1) is 0 Å². The fraction of sp³-hybridized carbons (Fsp3) is 1.00. The topological polar surface area (TPSA) is 179 Å². The number of rotatable bonds is 5. The van der Waals surface area contributed by atoms with Crippen LogP contribution in [-0.2, 0) is 18.9 Å². The minimum atomic E-state index is -1.68. The quantitative estimate of drug-likeness (QED) is 0.251. The molecule has 0 aromatic carbocycles. The molecule has 142 valence electrons. The number of hydrogen-bond donors (Lipinski definition) is 7. The summed E-state index contributed by atoms with van der Waals surface area (Å²) in [7, 11) is 1.23. The van der Waals surface area contributed by atoms with Gasteiger partial charge in [-0.1, -0.05) is 0 Å². The molecule has 2 saturated heterocycles. The Bertz CT molecular complexity index is 394. The lowest BCUT2D eigenvalue weighted by Crippen LogP contribution is -2.64. The van der Waals surface area contributed by atoms with Crippen LogP contribution in [0.5, 0.6) is 0 Å². The van der Waals surface area contributed by atoms with Gasteiger partial charge in [-0.15, -0.1) is 0 Å². The normalized spacial score (nSPS) is 50.0. The van der Waals surface area contributed by atoms with Crippen molar-refractivity contribution in [3.05, 3.63) is 0 Å². The molecule has 24 heavy (non-hydrogen) atoms. The minimum absolute atomic E-state index is 0.618. The molecule has 1 unspecified atom stereocenters. The molecular weight excluding hydrogens is 332 g/mol. The highest BCUT2D eigenvalue weighted by atomic mass is 16.7. The molecule has 2 aliphatic rings. The monoisotopic (exact) mass is 356 g/mol. The summed E-state index contributed by atoms with van der Waals surface area (Å²) in [6.45, 7) is -1.26. The van der Waals surface area contributed by atoms with E-state index in [4.69, 9.17) is 24.1 Å². The van der Waals surface area contributed by atoms with Gasteiger partial charge in [-0.2, -0.15) is 0 Å². The van der Waals surface area contributed by atoms with Crippen molar-refractivity contribution in [3.63, 3.8) is 0 Å². The van der Waals surface area contributed by atoms with Crippen LogP contribution >= 0.6 is 0 Å². The Labute approximate surface area is 137 Å². The van der Waals surface area contributed by atoms with E-state index in [0.717, 1.165) is 0 Å². The molecule has 0 aromatic heterocycles. The molecule has 0 saturated carbocycles. The van der Waals surface area contributed by atoms with E-state index in [1.165, 1.54) is 7.11 Å². The molecule has 0 spiro atoms. The fourth-order valence-corrected chi connectivity index (χ4v) is 2.82. The first kappa shape index (κ1) is 19.9. The zero-order valence-electron chi connectivity index (χ0n) is 13.0. The van der Waals surface area contributed by atoms with E-state index in [2.05, 4.69) is 0 Å². The second-order valence-corrected chi connectivity index (χ2v) is 5.74. The zero-order chi connectivity index (χ0) is 18.0. The molecule has 7 N–H and O–H groups in total. The van der Waals surface area contributed by atoms with Crippen molar-refractivity contribution >= 4 is 0 Å². The number of hydrogen-bond acceptors (Lipinski definition) is 11. The maximum Gasteiger partial charge on any atom is 0.187 e. The molecule has 0 aliphatic carbocycles. The van der Waals surface area contributed by atoms with Gasteiger partial charge < -0.3 is 54.7 Å². The second-order valence-electron chi connectivity index (χ2n) is 5.74. The number of methoxy groups -OCH3 is 1. The Morgan fingerprint density at radius 1 is 0.750 bits per heavy atom. The van der Waals surface area contributed by atoms with Gasteiger partial charge in [0.1, 0.15) is 48.8 Å². The summed E-state index contributed by atoms with van der Waals surface area (Å²) in [5.74, 6) is 0. The Morgan fingerprint density at radius 2 is 1.38 bits per heavy atom. The first-order chi connectivity index (χ1) is 11.3. The summed E-state index contributed by atoms with van der Waals surface area (Å²) in [5.41, 5.74) is 0. The van der Waals surface area contributed by atoms with Crippen LogP contribution in [0.1, 0.15) is 0 Å². The van der Waals surface area contributed by atoms with Crippen molar-refractivity contribution in [2.24, 2.45) is 0 Å². The number of aliphatic hydroxyl groups is 7. The lowest BCUT2D eigenvalue weighted by atomic mass is 9.97. The fourth-order valence-electron chi connectivity index (χ4n) is 2.82. The third kappa shape index (κ3) is 3.71. The summed E-state index contributed by atoms with van der Waals surface area (Å²) in [6.07, 6.45) is -14.2. The van der Waals surface area contributed by atoms with Crippen LogP contribution in [0.15, 0.2) is 0 Å². The lowest BCUT2D eigenvalue weighted by Gasteiger charge is -2.45. The maximum atomic E-state index is 10.3. The van der Waals surface area contributed by atoms with Crippen molar-refractivity contribution in [1.29, 1.82) is 0 Å². The molecule has 2 aliphatic heterocycles. The molecule has 0 bridgehead atoms. The van der Waals surface area contributed by atoms with Crippen LogP contribution < -0.4 is 0 Å². The third-order valence-electron chi connectivity index (χ3n) is 4.23. The predicted molar refractivity (Wildman–Crippen MR) is 73.4 cm³/mol. The Balaban J connectivity index is 2.14. The van der Waals surface area contributed by atoms with Crippen molar-refractivity contribution in [2.75, 3.05) is 20.3 Å². The molecule has 2 rings (SSSR count). The van der Waals surface area contributed by atoms with Gasteiger partial charge in [0.25, 0.3) is 0 Å². The van der Waals surface area contributed by atoms with E-state index in [1.54, 1.807) is 0 Å². The molecule has 0 radical (unpaired) electrons. The van der Waals surface area contributed by atoms with Gasteiger partial charge >= 0.3 is 0 Å². The zero-order valence-corrected chi connectivity index (χ0v) is 13.0. The maximum absolute atomic E-state index is 10.3. The molecule has 2 fully saturated rings. The SMILES string of the molecule is CO[C@H]1C(O)O[C@H](CO)[C@@H](O[C@@H]2O[C@H](CO)[C@H](O)[C@H](O)[C@H]2O)[C@@H]1O.